The third-order valence-corrected chi connectivity index (χ3v) is 5.59. The highest BCUT2D eigenvalue weighted by Gasteiger charge is 2.29. The predicted molar refractivity (Wildman–Crippen MR) is 103 cm³/mol. The fourth-order valence-electron chi connectivity index (χ4n) is 4.08. The summed E-state index contributed by atoms with van der Waals surface area (Å²) in [6.45, 7) is 11.7. The Kier molecular flexibility index (Phi) is 5.10. The summed E-state index contributed by atoms with van der Waals surface area (Å²) in [4.78, 5) is 7.19. The van der Waals surface area contributed by atoms with E-state index >= 15 is 0 Å². The third-order valence-electron chi connectivity index (χ3n) is 5.59. The van der Waals surface area contributed by atoms with Crippen LogP contribution < -0.4 is 9.47 Å². The van der Waals surface area contributed by atoms with Gasteiger partial charge in [0.15, 0.2) is 11.5 Å². The van der Waals surface area contributed by atoms with Crippen LogP contribution in [0.1, 0.15) is 38.1 Å². The van der Waals surface area contributed by atoms with Gasteiger partial charge in [-0.3, -0.25) is 4.90 Å². The lowest BCUT2D eigenvalue weighted by atomic mass is 9.98. The summed E-state index contributed by atoms with van der Waals surface area (Å²) in [6, 6.07) is 6.21. The maximum atomic E-state index is 5.51. The molecule has 0 radical (unpaired) electrons. The summed E-state index contributed by atoms with van der Waals surface area (Å²) in [5.41, 5.74) is 1.31. The Hall–Kier alpha value is -2.05. The van der Waals surface area contributed by atoms with E-state index in [1.54, 1.807) is 0 Å². The number of nitrogens with zero attached hydrogens (tertiary/aromatic N) is 3. The molecular weight excluding hydrogens is 342 g/mol. The molecule has 1 aromatic heterocycles. The van der Waals surface area contributed by atoms with Crippen molar-refractivity contribution in [1.29, 1.82) is 0 Å². The molecule has 0 N–H and O–H groups in total. The van der Waals surface area contributed by atoms with E-state index in [2.05, 4.69) is 53.6 Å². The molecule has 3 heterocycles. The molecular formula is C21H29N3O3. The summed E-state index contributed by atoms with van der Waals surface area (Å²) >= 11 is 0. The monoisotopic (exact) mass is 371 g/mol. The molecule has 2 aliphatic heterocycles. The van der Waals surface area contributed by atoms with Gasteiger partial charge in [0.05, 0.1) is 13.2 Å². The molecule has 0 saturated carbocycles. The molecule has 1 fully saturated rings. The number of ether oxygens (including phenoxy) is 3. The van der Waals surface area contributed by atoms with E-state index < -0.39 is 0 Å². The molecule has 2 aliphatic rings. The summed E-state index contributed by atoms with van der Waals surface area (Å²) in [5, 5.41) is 0. The molecule has 6 heteroatoms. The Morgan fingerprint density at radius 1 is 1.15 bits per heavy atom. The Balaban J connectivity index is 1.46. The second-order valence-corrected chi connectivity index (χ2v) is 8.12. The first-order valence-corrected chi connectivity index (χ1v) is 9.75. The Morgan fingerprint density at radius 2 is 1.93 bits per heavy atom. The van der Waals surface area contributed by atoms with Crippen LogP contribution in [0.15, 0.2) is 30.6 Å². The maximum absolute atomic E-state index is 5.51. The van der Waals surface area contributed by atoms with Gasteiger partial charge in [-0.15, -0.1) is 0 Å². The molecule has 0 unspecified atom stereocenters. The zero-order chi connectivity index (χ0) is 18.9. The molecule has 27 heavy (non-hydrogen) atoms. The van der Waals surface area contributed by atoms with Crippen molar-refractivity contribution in [3.63, 3.8) is 0 Å². The summed E-state index contributed by atoms with van der Waals surface area (Å²) in [5.74, 6) is 3.13. The first kappa shape index (κ1) is 18.3. The van der Waals surface area contributed by atoms with E-state index in [-0.39, 0.29) is 5.54 Å². The van der Waals surface area contributed by atoms with E-state index in [1.165, 1.54) is 5.56 Å². The van der Waals surface area contributed by atoms with E-state index in [0.29, 0.717) is 12.7 Å². The van der Waals surface area contributed by atoms with Crippen LogP contribution in [0.5, 0.6) is 11.5 Å². The highest BCUT2D eigenvalue weighted by molar-refractivity contribution is 5.44. The highest BCUT2D eigenvalue weighted by Crippen LogP contribution is 2.34. The number of morpholine rings is 1. The average molecular weight is 371 g/mol. The number of aromatic nitrogens is 2. The number of fused-ring (bicyclic) bond motifs is 1. The standard InChI is InChI=1S/C21H29N3O3/c1-16(12-17-4-5-18-19(13-17)27-15-26-18)20-22-6-7-23(20)14-21(2,3)24-8-10-25-11-9-24/h4-7,13,16H,8-12,14-15H2,1-3H3/t16-/m0/s1. The molecule has 0 aliphatic carbocycles. The van der Waals surface area contributed by atoms with Crippen LogP contribution in [0.4, 0.5) is 0 Å². The van der Waals surface area contributed by atoms with Gasteiger partial charge in [-0.2, -0.15) is 0 Å². The maximum Gasteiger partial charge on any atom is 0.231 e. The minimum atomic E-state index is 0.0672. The van der Waals surface area contributed by atoms with Gasteiger partial charge in [0.2, 0.25) is 6.79 Å². The van der Waals surface area contributed by atoms with Gasteiger partial charge in [-0.05, 0) is 38.0 Å². The van der Waals surface area contributed by atoms with Crippen LogP contribution in [-0.2, 0) is 17.7 Å². The van der Waals surface area contributed by atoms with Gasteiger partial charge in [-0.25, -0.2) is 4.98 Å². The topological polar surface area (TPSA) is 48.8 Å². The smallest absolute Gasteiger partial charge is 0.231 e. The normalized spacial score (nSPS) is 18.6. The van der Waals surface area contributed by atoms with Gasteiger partial charge in [0.25, 0.3) is 0 Å². The summed E-state index contributed by atoms with van der Waals surface area (Å²) in [6.07, 6.45) is 4.94. The molecule has 4 rings (SSSR count). The summed E-state index contributed by atoms with van der Waals surface area (Å²) < 4.78 is 18.7. The van der Waals surface area contributed by atoms with Crippen molar-refractivity contribution in [1.82, 2.24) is 14.5 Å². The molecule has 0 bridgehead atoms. The van der Waals surface area contributed by atoms with Gasteiger partial charge >= 0.3 is 0 Å². The quantitative estimate of drug-likeness (QED) is 0.781. The van der Waals surface area contributed by atoms with Crippen molar-refractivity contribution >= 4 is 0 Å². The number of rotatable bonds is 6. The molecule has 1 saturated heterocycles. The van der Waals surface area contributed by atoms with Crippen LogP contribution in [0.25, 0.3) is 0 Å². The van der Waals surface area contributed by atoms with Crippen LogP contribution in [0.3, 0.4) is 0 Å². The molecule has 0 spiro atoms. The fraction of sp³-hybridized carbons (Fsp3) is 0.571. The molecule has 1 atom stereocenters. The number of hydrogen-bond donors (Lipinski definition) is 0. The molecule has 0 amide bonds. The van der Waals surface area contributed by atoms with Crippen LogP contribution in [0.2, 0.25) is 0 Å². The van der Waals surface area contributed by atoms with E-state index in [9.17, 15) is 0 Å². The zero-order valence-corrected chi connectivity index (χ0v) is 16.5. The van der Waals surface area contributed by atoms with Crippen molar-refractivity contribution in [2.45, 2.75) is 45.2 Å². The third kappa shape index (κ3) is 3.96. The van der Waals surface area contributed by atoms with Crippen molar-refractivity contribution in [2.75, 3.05) is 33.1 Å². The lowest BCUT2D eigenvalue weighted by molar-refractivity contribution is -0.0159. The fourth-order valence-corrected chi connectivity index (χ4v) is 4.08. The second-order valence-electron chi connectivity index (χ2n) is 8.12. The molecule has 2 aromatic rings. The largest absolute Gasteiger partial charge is 0.454 e. The Bertz CT molecular complexity index is 781. The number of benzene rings is 1. The average Bonchev–Trinajstić information content (AvgIpc) is 3.31. The van der Waals surface area contributed by atoms with Gasteiger partial charge < -0.3 is 18.8 Å². The number of imidazole rings is 1. The van der Waals surface area contributed by atoms with Gasteiger partial charge in [-0.1, -0.05) is 13.0 Å². The summed E-state index contributed by atoms with van der Waals surface area (Å²) in [7, 11) is 0. The predicted octanol–water partition coefficient (Wildman–Crippen LogP) is 3.07. The molecule has 1 aromatic carbocycles. The first-order valence-electron chi connectivity index (χ1n) is 9.75. The molecule has 146 valence electrons. The van der Waals surface area contributed by atoms with Crippen molar-refractivity contribution < 1.29 is 14.2 Å². The SMILES string of the molecule is C[C@@H](Cc1ccc2c(c1)OCO2)c1nccn1CC(C)(C)N1CCOCC1. The van der Waals surface area contributed by atoms with Crippen molar-refractivity contribution in [2.24, 2.45) is 0 Å². The van der Waals surface area contributed by atoms with Crippen molar-refractivity contribution in [3.05, 3.63) is 42.0 Å². The second kappa shape index (κ2) is 7.52. The zero-order valence-electron chi connectivity index (χ0n) is 16.5. The first-order chi connectivity index (χ1) is 13.0. The van der Waals surface area contributed by atoms with Crippen LogP contribution in [0, 0.1) is 0 Å². The highest BCUT2D eigenvalue weighted by atomic mass is 16.7. The minimum absolute atomic E-state index is 0.0672. The van der Waals surface area contributed by atoms with E-state index in [4.69, 9.17) is 14.2 Å². The van der Waals surface area contributed by atoms with E-state index in [0.717, 1.165) is 56.6 Å². The van der Waals surface area contributed by atoms with Crippen LogP contribution in [-0.4, -0.2) is 53.1 Å². The van der Waals surface area contributed by atoms with Crippen molar-refractivity contribution in [3.8, 4) is 11.5 Å². The molecule has 6 nitrogen and oxygen atoms in total. The minimum Gasteiger partial charge on any atom is -0.454 e. The number of hydrogen-bond acceptors (Lipinski definition) is 5. The van der Waals surface area contributed by atoms with Gasteiger partial charge in [0, 0.05) is 43.5 Å². The lowest BCUT2D eigenvalue weighted by Crippen LogP contribution is -2.52. The Labute approximate surface area is 161 Å². The Morgan fingerprint density at radius 3 is 2.74 bits per heavy atom. The van der Waals surface area contributed by atoms with Crippen LogP contribution >= 0.6 is 0 Å². The van der Waals surface area contributed by atoms with Gasteiger partial charge in [0.1, 0.15) is 5.82 Å². The lowest BCUT2D eigenvalue weighted by Gasteiger charge is -2.41. The van der Waals surface area contributed by atoms with E-state index in [1.807, 2.05) is 12.3 Å².